The van der Waals surface area contributed by atoms with Crippen molar-refractivity contribution in [3.63, 3.8) is 0 Å². The van der Waals surface area contributed by atoms with Crippen molar-refractivity contribution in [3.8, 4) is 0 Å². The summed E-state index contributed by atoms with van der Waals surface area (Å²) in [4.78, 5) is 26.2. The molecule has 2 atom stereocenters. The average Bonchev–Trinajstić information content (AvgIpc) is 2.64. The first-order chi connectivity index (χ1) is 12.1. The van der Waals surface area contributed by atoms with Crippen LogP contribution in [-0.4, -0.2) is 48.2 Å². The van der Waals surface area contributed by atoms with E-state index in [4.69, 9.17) is 4.74 Å². The van der Waals surface area contributed by atoms with Crippen LogP contribution >= 0.6 is 0 Å². The molecular formula is C19H26N2O4. The van der Waals surface area contributed by atoms with Gasteiger partial charge in [-0.2, -0.15) is 0 Å². The van der Waals surface area contributed by atoms with Crippen molar-refractivity contribution in [3.05, 3.63) is 29.8 Å². The molecule has 2 aliphatic rings. The predicted molar refractivity (Wildman–Crippen MR) is 94.3 cm³/mol. The summed E-state index contributed by atoms with van der Waals surface area (Å²) in [6.45, 7) is 4.05. The molecule has 6 heteroatoms. The van der Waals surface area contributed by atoms with Gasteiger partial charge in [-0.15, -0.1) is 0 Å². The lowest BCUT2D eigenvalue weighted by Crippen LogP contribution is -2.36. The van der Waals surface area contributed by atoms with E-state index in [9.17, 15) is 14.7 Å². The van der Waals surface area contributed by atoms with Crippen molar-refractivity contribution in [2.75, 3.05) is 31.6 Å². The number of nitrogens with zero attached hydrogens (tertiary/aromatic N) is 1. The number of rotatable bonds is 5. The number of hydrogen-bond acceptors (Lipinski definition) is 4. The van der Waals surface area contributed by atoms with Crippen molar-refractivity contribution in [1.82, 2.24) is 4.90 Å². The topological polar surface area (TPSA) is 78.9 Å². The van der Waals surface area contributed by atoms with Crippen LogP contribution in [-0.2, 0) is 20.9 Å². The number of carboxylic acid groups (broad SMARTS) is 1. The number of carboxylic acids is 1. The Bertz CT molecular complexity index is 613. The lowest BCUT2D eigenvalue weighted by molar-refractivity contribution is -0.143. The molecule has 1 heterocycles. The summed E-state index contributed by atoms with van der Waals surface area (Å²) in [6.07, 6.45) is 2.67. The second kappa shape index (κ2) is 8.45. The van der Waals surface area contributed by atoms with E-state index in [-0.39, 0.29) is 11.8 Å². The second-order valence-electron chi connectivity index (χ2n) is 6.93. The summed E-state index contributed by atoms with van der Waals surface area (Å²) in [5.74, 6) is -1.45. The van der Waals surface area contributed by atoms with Gasteiger partial charge in [-0.3, -0.25) is 14.5 Å². The smallest absolute Gasteiger partial charge is 0.306 e. The van der Waals surface area contributed by atoms with E-state index in [1.165, 1.54) is 0 Å². The number of aliphatic carboxylic acids is 1. The van der Waals surface area contributed by atoms with Gasteiger partial charge in [-0.1, -0.05) is 24.6 Å². The van der Waals surface area contributed by atoms with Gasteiger partial charge in [-0.25, -0.2) is 0 Å². The monoisotopic (exact) mass is 346 g/mol. The number of ether oxygens (including phenoxy) is 1. The zero-order valence-electron chi connectivity index (χ0n) is 14.4. The van der Waals surface area contributed by atoms with E-state index >= 15 is 0 Å². The molecule has 0 aromatic heterocycles. The number of amides is 1. The molecule has 3 rings (SSSR count). The van der Waals surface area contributed by atoms with E-state index in [0.717, 1.165) is 56.9 Å². The number of morpholine rings is 1. The van der Waals surface area contributed by atoms with Crippen LogP contribution in [0.15, 0.2) is 24.3 Å². The van der Waals surface area contributed by atoms with Crippen LogP contribution in [0.25, 0.3) is 0 Å². The standard InChI is InChI=1S/C19H26N2O4/c22-18(14-5-3-6-15(12-14)19(23)24)20-17-7-2-1-4-16(17)13-21-8-10-25-11-9-21/h1-2,4,7,14-15H,3,5-6,8-13H2,(H,20,22)(H,23,24)/t14-,15+/m1/s1. The molecule has 2 N–H and O–H groups in total. The first kappa shape index (κ1) is 17.9. The summed E-state index contributed by atoms with van der Waals surface area (Å²) in [5, 5.41) is 12.2. The largest absolute Gasteiger partial charge is 0.481 e. The van der Waals surface area contributed by atoms with E-state index < -0.39 is 11.9 Å². The summed E-state index contributed by atoms with van der Waals surface area (Å²) in [5.41, 5.74) is 1.92. The van der Waals surface area contributed by atoms with E-state index in [1.807, 2.05) is 24.3 Å². The third kappa shape index (κ3) is 4.80. The van der Waals surface area contributed by atoms with E-state index in [2.05, 4.69) is 10.2 Å². The van der Waals surface area contributed by atoms with Gasteiger partial charge in [0.1, 0.15) is 0 Å². The molecule has 0 bridgehead atoms. The molecule has 1 aromatic carbocycles. The lowest BCUT2D eigenvalue weighted by atomic mass is 9.81. The minimum atomic E-state index is -0.787. The minimum absolute atomic E-state index is 0.0552. The Morgan fingerprint density at radius 2 is 1.88 bits per heavy atom. The lowest BCUT2D eigenvalue weighted by Gasteiger charge is -2.28. The van der Waals surface area contributed by atoms with Gasteiger partial charge in [0.05, 0.1) is 19.1 Å². The van der Waals surface area contributed by atoms with Crippen LogP contribution < -0.4 is 5.32 Å². The Labute approximate surface area is 148 Å². The predicted octanol–water partition coefficient (Wildman–Crippen LogP) is 2.35. The quantitative estimate of drug-likeness (QED) is 0.856. The van der Waals surface area contributed by atoms with Gasteiger partial charge in [0.2, 0.25) is 5.91 Å². The summed E-state index contributed by atoms with van der Waals surface area (Å²) in [7, 11) is 0. The van der Waals surface area contributed by atoms with Crippen LogP contribution in [0.3, 0.4) is 0 Å². The Morgan fingerprint density at radius 1 is 1.16 bits per heavy atom. The first-order valence-corrected chi connectivity index (χ1v) is 9.05. The van der Waals surface area contributed by atoms with Crippen molar-refractivity contribution in [2.24, 2.45) is 11.8 Å². The Hall–Kier alpha value is -1.92. The highest BCUT2D eigenvalue weighted by molar-refractivity contribution is 5.93. The van der Waals surface area contributed by atoms with Gasteiger partial charge >= 0.3 is 5.97 Å². The summed E-state index contributed by atoms with van der Waals surface area (Å²) < 4.78 is 5.38. The van der Waals surface area contributed by atoms with Gasteiger partial charge in [0.15, 0.2) is 0 Å². The van der Waals surface area contributed by atoms with Crippen LogP contribution in [0.5, 0.6) is 0 Å². The van der Waals surface area contributed by atoms with Gasteiger partial charge < -0.3 is 15.2 Å². The fourth-order valence-corrected chi connectivity index (χ4v) is 3.67. The molecule has 1 amide bonds. The van der Waals surface area contributed by atoms with Crippen LogP contribution in [0.1, 0.15) is 31.2 Å². The molecule has 1 saturated heterocycles. The van der Waals surface area contributed by atoms with Crippen molar-refractivity contribution >= 4 is 17.6 Å². The molecule has 25 heavy (non-hydrogen) atoms. The fraction of sp³-hybridized carbons (Fsp3) is 0.579. The van der Waals surface area contributed by atoms with Crippen LogP contribution in [0.2, 0.25) is 0 Å². The molecule has 1 aliphatic heterocycles. The Kier molecular flexibility index (Phi) is 6.04. The number of benzene rings is 1. The molecule has 1 saturated carbocycles. The fourth-order valence-electron chi connectivity index (χ4n) is 3.67. The Balaban J connectivity index is 1.63. The zero-order chi connectivity index (χ0) is 17.6. The molecule has 136 valence electrons. The maximum atomic E-state index is 12.6. The molecule has 6 nitrogen and oxygen atoms in total. The van der Waals surface area contributed by atoms with Crippen molar-refractivity contribution in [2.45, 2.75) is 32.2 Å². The molecule has 1 aromatic rings. The third-order valence-electron chi connectivity index (χ3n) is 5.17. The first-order valence-electron chi connectivity index (χ1n) is 9.05. The molecule has 0 unspecified atom stereocenters. The highest BCUT2D eigenvalue weighted by Crippen LogP contribution is 2.30. The number of carbonyl (C=O) groups excluding carboxylic acids is 1. The number of anilines is 1. The van der Waals surface area contributed by atoms with Crippen molar-refractivity contribution in [1.29, 1.82) is 0 Å². The van der Waals surface area contributed by atoms with Gasteiger partial charge in [0, 0.05) is 31.2 Å². The SMILES string of the molecule is O=C(O)[C@H]1CCC[C@@H](C(=O)Nc2ccccc2CN2CCOCC2)C1. The van der Waals surface area contributed by atoms with E-state index in [1.54, 1.807) is 0 Å². The highest BCUT2D eigenvalue weighted by atomic mass is 16.5. The summed E-state index contributed by atoms with van der Waals surface area (Å²) >= 11 is 0. The molecule has 1 aliphatic carbocycles. The van der Waals surface area contributed by atoms with Crippen molar-refractivity contribution < 1.29 is 19.4 Å². The molecule has 0 radical (unpaired) electrons. The maximum Gasteiger partial charge on any atom is 0.306 e. The summed E-state index contributed by atoms with van der Waals surface area (Å²) in [6, 6.07) is 7.85. The zero-order valence-corrected chi connectivity index (χ0v) is 14.4. The average molecular weight is 346 g/mol. The number of carbonyl (C=O) groups is 2. The second-order valence-corrected chi connectivity index (χ2v) is 6.93. The van der Waals surface area contributed by atoms with Crippen LogP contribution in [0, 0.1) is 11.8 Å². The molecule has 0 spiro atoms. The highest BCUT2D eigenvalue weighted by Gasteiger charge is 2.31. The normalized spacial score (nSPS) is 24.6. The van der Waals surface area contributed by atoms with Gasteiger partial charge in [0.25, 0.3) is 0 Å². The number of para-hydroxylation sites is 1. The van der Waals surface area contributed by atoms with Crippen LogP contribution in [0.4, 0.5) is 5.69 Å². The van der Waals surface area contributed by atoms with Gasteiger partial charge in [-0.05, 0) is 30.9 Å². The minimum Gasteiger partial charge on any atom is -0.481 e. The Morgan fingerprint density at radius 3 is 2.64 bits per heavy atom. The molecule has 2 fully saturated rings. The molecular weight excluding hydrogens is 320 g/mol. The maximum absolute atomic E-state index is 12.6. The number of nitrogens with one attached hydrogen (secondary N) is 1. The number of hydrogen-bond donors (Lipinski definition) is 2. The third-order valence-corrected chi connectivity index (χ3v) is 5.17. The van der Waals surface area contributed by atoms with E-state index in [0.29, 0.717) is 12.8 Å².